The molecule has 0 saturated carbocycles. The molecule has 1 unspecified atom stereocenters. The monoisotopic (exact) mass is 121 g/mol. The van der Waals surface area contributed by atoms with E-state index in [2.05, 4.69) is 19.6 Å². The van der Waals surface area contributed by atoms with Gasteiger partial charge in [-0.05, 0) is 36.8 Å². The summed E-state index contributed by atoms with van der Waals surface area (Å²) in [6.07, 6.45) is 8.86. The van der Waals surface area contributed by atoms with Crippen molar-refractivity contribution >= 4 is 0 Å². The Morgan fingerprint density at radius 2 is 2.56 bits per heavy atom. The van der Waals surface area contributed by atoms with Crippen LogP contribution < -0.4 is 0 Å². The van der Waals surface area contributed by atoms with Crippen molar-refractivity contribution in [2.45, 2.75) is 26.2 Å². The van der Waals surface area contributed by atoms with E-state index < -0.39 is 0 Å². The van der Waals surface area contributed by atoms with Gasteiger partial charge < -0.3 is 0 Å². The average Bonchev–Trinajstić information content (AvgIpc) is 1.90. The van der Waals surface area contributed by atoms with Crippen molar-refractivity contribution in [2.75, 3.05) is 0 Å². The summed E-state index contributed by atoms with van der Waals surface area (Å²) >= 11 is 0. The van der Waals surface area contributed by atoms with Crippen LogP contribution in [0.3, 0.4) is 0 Å². The molecular weight excluding hydrogens is 108 g/mol. The molecule has 0 amide bonds. The maximum atomic E-state index is 3.71. The summed E-state index contributed by atoms with van der Waals surface area (Å²) in [6.45, 7) is 5.98. The van der Waals surface area contributed by atoms with E-state index in [0.717, 1.165) is 12.3 Å². The van der Waals surface area contributed by atoms with Crippen LogP contribution in [0.1, 0.15) is 26.2 Å². The molecule has 0 aromatic heterocycles. The summed E-state index contributed by atoms with van der Waals surface area (Å²) in [6, 6.07) is 0. The normalized spacial score (nSPS) is 27.2. The summed E-state index contributed by atoms with van der Waals surface area (Å²) in [5.74, 6) is 0.841. The van der Waals surface area contributed by atoms with E-state index in [4.69, 9.17) is 0 Å². The smallest absolute Gasteiger partial charge is 0.0247 e. The van der Waals surface area contributed by atoms with E-state index >= 15 is 0 Å². The Kier molecular flexibility index (Phi) is 2.10. The summed E-state index contributed by atoms with van der Waals surface area (Å²) in [5.41, 5.74) is 1.31. The summed E-state index contributed by atoms with van der Waals surface area (Å²) in [5, 5.41) is 0. The summed E-state index contributed by atoms with van der Waals surface area (Å²) < 4.78 is 0. The van der Waals surface area contributed by atoms with Gasteiger partial charge in [-0.15, -0.1) is 0 Å². The molecule has 0 bridgehead atoms. The van der Waals surface area contributed by atoms with Gasteiger partial charge in [0.2, 0.25) is 0 Å². The van der Waals surface area contributed by atoms with Crippen molar-refractivity contribution in [1.29, 1.82) is 0 Å². The number of hydrogen-bond donors (Lipinski definition) is 0. The Bertz CT molecular complexity index is 131. The molecule has 0 spiro atoms. The lowest BCUT2D eigenvalue weighted by Crippen LogP contribution is -1.99. The van der Waals surface area contributed by atoms with Gasteiger partial charge >= 0.3 is 0 Å². The molecule has 1 aliphatic carbocycles. The molecule has 1 rings (SSSR count). The third kappa shape index (κ3) is 1.70. The minimum atomic E-state index is 0.841. The van der Waals surface area contributed by atoms with Crippen molar-refractivity contribution in [3.05, 3.63) is 24.3 Å². The highest BCUT2D eigenvalue weighted by atomic mass is 14.1. The third-order valence-electron chi connectivity index (χ3n) is 1.83. The van der Waals surface area contributed by atoms with Gasteiger partial charge in [-0.1, -0.05) is 19.6 Å². The fourth-order valence-corrected chi connectivity index (χ4v) is 1.07. The van der Waals surface area contributed by atoms with Crippen LogP contribution in [0.15, 0.2) is 18.2 Å². The number of allylic oxidation sites excluding steroid dienone is 3. The Hall–Kier alpha value is -0.520. The van der Waals surface area contributed by atoms with Crippen LogP contribution in [0.2, 0.25) is 0 Å². The second-order valence-corrected chi connectivity index (χ2v) is 2.75. The lowest BCUT2D eigenvalue weighted by molar-refractivity contribution is 0.510. The number of rotatable bonds is 1. The van der Waals surface area contributed by atoms with Gasteiger partial charge in [0.1, 0.15) is 0 Å². The van der Waals surface area contributed by atoms with Crippen molar-refractivity contribution in [1.82, 2.24) is 0 Å². The Balaban J connectivity index is 2.49. The van der Waals surface area contributed by atoms with E-state index in [9.17, 15) is 0 Å². The van der Waals surface area contributed by atoms with E-state index in [0.29, 0.717) is 0 Å². The Morgan fingerprint density at radius 1 is 1.78 bits per heavy atom. The molecule has 9 heavy (non-hydrogen) atoms. The highest BCUT2D eigenvalue weighted by molar-refractivity contribution is 5.14. The predicted octanol–water partition coefficient (Wildman–Crippen LogP) is 2.72. The van der Waals surface area contributed by atoms with E-state index in [1.165, 1.54) is 18.4 Å². The lowest BCUT2D eigenvalue weighted by atomic mass is 9.91. The summed E-state index contributed by atoms with van der Waals surface area (Å²) in [4.78, 5) is 0. The fraction of sp³-hybridized carbons (Fsp3) is 0.556. The van der Waals surface area contributed by atoms with Crippen molar-refractivity contribution < 1.29 is 0 Å². The zero-order valence-corrected chi connectivity index (χ0v) is 5.98. The van der Waals surface area contributed by atoms with Crippen molar-refractivity contribution in [3.8, 4) is 0 Å². The highest BCUT2D eigenvalue weighted by Crippen LogP contribution is 2.21. The van der Waals surface area contributed by atoms with Crippen LogP contribution in [-0.2, 0) is 0 Å². The molecule has 0 heteroatoms. The molecule has 49 valence electrons. The van der Waals surface area contributed by atoms with Gasteiger partial charge in [-0.2, -0.15) is 0 Å². The molecule has 0 aromatic rings. The second-order valence-electron chi connectivity index (χ2n) is 2.75. The maximum absolute atomic E-state index is 3.71. The molecule has 1 atom stereocenters. The first-order valence-corrected chi connectivity index (χ1v) is 3.55. The lowest BCUT2D eigenvalue weighted by Gasteiger charge is -2.14. The Morgan fingerprint density at radius 3 is 3.00 bits per heavy atom. The minimum absolute atomic E-state index is 0.841. The molecule has 0 N–H and O–H groups in total. The first-order valence-electron chi connectivity index (χ1n) is 3.55. The van der Waals surface area contributed by atoms with Gasteiger partial charge in [-0.3, -0.25) is 0 Å². The maximum Gasteiger partial charge on any atom is -0.0247 e. The van der Waals surface area contributed by atoms with Crippen LogP contribution in [0.5, 0.6) is 0 Å². The second kappa shape index (κ2) is 2.86. The number of hydrogen-bond acceptors (Lipinski definition) is 0. The molecule has 0 saturated heterocycles. The molecule has 0 aromatic carbocycles. The first-order chi connectivity index (χ1) is 4.33. The van der Waals surface area contributed by atoms with E-state index in [1.54, 1.807) is 0 Å². The SMILES string of the molecule is C=CC1=[C]CC(C)CC1. The van der Waals surface area contributed by atoms with Crippen LogP contribution in [-0.4, -0.2) is 0 Å². The molecule has 0 nitrogen and oxygen atoms in total. The largest absolute Gasteiger partial charge is 0.0988 e. The van der Waals surface area contributed by atoms with Crippen LogP contribution in [0.4, 0.5) is 0 Å². The standard InChI is InChI=1S/C9H13/c1-3-9-6-4-8(2)5-7-9/h3,8H,1,4-6H2,2H3. The zero-order chi connectivity index (χ0) is 6.69. The molecule has 0 aliphatic heterocycles. The molecule has 1 aliphatic rings. The minimum Gasteiger partial charge on any atom is -0.0988 e. The molecule has 1 radical (unpaired) electrons. The van der Waals surface area contributed by atoms with Crippen molar-refractivity contribution in [2.24, 2.45) is 5.92 Å². The van der Waals surface area contributed by atoms with Crippen LogP contribution in [0, 0.1) is 12.0 Å². The Labute approximate surface area is 57.3 Å². The first kappa shape index (κ1) is 6.60. The third-order valence-corrected chi connectivity index (χ3v) is 1.83. The topological polar surface area (TPSA) is 0 Å². The van der Waals surface area contributed by atoms with E-state index in [1.807, 2.05) is 6.08 Å². The molecule has 0 fully saturated rings. The van der Waals surface area contributed by atoms with E-state index in [-0.39, 0.29) is 0 Å². The molecular formula is C9H13. The summed E-state index contributed by atoms with van der Waals surface area (Å²) in [7, 11) is 0. The van der Waals surface area contributed by atoms with Crippen LogP contribution >= 0.6 is 0 Å². The van der Waals surface area contributed by atoms with Crippen molar-refractivity contribution in [3.63, 3.8) is 0 Å². The van der Waals surface area contributed by atoms with Gasteiger partial charge in [0.15, 0.2) is 0 Å². The van der Waals surface area contributed by atoms with Gasteiger partial charge in [-0.25, -0.2) is 0 Å². The van der Waals surface area contributed by atoms with Crippen LogP contribution in [0.25, 0.3) is 0 Å². The quantitative estimate of drug-likeness (QED) is 0.500. The highest BCUT2D eigenvalue weighted by Gasteiger charge is 2.06. The van der Waals surface area contributed by atoms with Gasteiger partial charge in [0.05, 0.1) is 0 Å². The fourth-order valence-electron chi connectivity index (χ4n) is 1.07. The van der Waals surface area contributed by atoms with Gasteiger partial charge in [0, 0.05) is 0 Å². The predicted molar refractivity (Wildman–Crippen MR) is 40.0 cm³/mol. The van der Waals surface area contributed by atoms with Gasteiger partial charge in [0.25, 0.3) is 0 Å². The average molecular weight is 121 g/mol. The zero-order valence-electron chi connectivity index (χ0n) is 5.98. The molecule has 0 heterocycles.